The van der Waals surface area contributed by atoms with Crippen LogP contribution in [0, 0.1) is 12.3 Å². The molecule has 0 atom stereocenters. The molecule has 2 aromatic heterocycles. The summed E-state index contributed by atoms with van der Waals surface area (Å²) in [4.78, 5) is 5.33. The third-order valence-electron chi connectivity index (χ3n) is 2.68. The molecule has 1 N–H and O–H groups in total. The molecule has 0 saturated heterocycles. The summed E-state index contributed by atoms with van der Waals surface area (Å²) in [5.41, 5.74) is 1.76. The molecule has 5 heteroatoms. The van der Waals surface area contributed by atoms with E-state index in [0.717, 1.165) is 16.1 Å². The van der Waals surface area contributed by atoms with Crippen molar-refractivity contribution < 1.29 is 4.52 Å². The molecule has 0 saturated carbocycles. The molecule has 0 unspecified atom stereocenters. The van der Waals surface area contributed by atoms with Crippen molar-refractivity contribution in [3.63, 3.8) is 0 Å². The maximum absolute atomic E-state index is 5.37. The van der Waals surface area contributed by atoms with Crippen molar-refractivity contribution in [2.75, 3.05) is 5.32 Å². The van der Waals surface area contributed by atoms with Gasteiger partial charge in [-0.3, -0.25) is 0 Å². The highest BCUT2D eigenvalue weighted by Gasteiger charge is 2.08. The fourth-order valence-electron chi connectivity index (χ4n) is 1.73. The van der Waals surface area contributed by atoms with E-state index >= 15 is 0 Å². The van der Waals surface area contributed by atoms with E-state index in [1.165, 1.54) is 0 Å². The minimum atomic E-state index is 0.465. The summed E-state index contributed by atoms with van der Waals surface area (Å²) in [6, 6.07) is 11.5. The van der Waals surface area contributed by atoms with Gasteiger partial charge in [0.25, 0.3) is 0 Å². The monoisotopic (exact) mass is 281 g/mol. The Morgan fingerprint density at radius 1 is 1.30 bits per heavy atom. The molecule has 3 aromatic rings. The lowest BCUT2D eigenvalue weighted by Crippen LogP contribution is -1.99. The van der Waals surface area contributed by atoms with E-state index in [0.29, 0.717) is 18.3 Å². The zero-order chi connectivity index (χ0) is 13.8. The van der Waals surface area contributed by atoms with Crippen molar-refractivity contribution in [2.45, 2.75) is 6.54 Å². The quantitative estimate of drug-likeness (QED) is 0.745. The van der Waals surface area contributed by atoms with Gasteiger partial charge in [-0.15, -0.1) is 17.8 Å². The average molecular weight is 281 g/mol. The standard InChI is InChI=1S/C15H11N3OS/c1-2-11-5-3-6-12(9-11)16-10-14-17-15(18-19-14)13-7-4-8-20-13/h1,3-9,16H,10H2. The number of anilines is 1. The molecule has 0 aliphatic rings. The van der Waals surface area contributed by atoms with Crippen LogP contribution in [-0.2, 0) is 6.54 Å². The van der Waals surface area contributed by atoms with Crippen molar-refractivity contribution in [1.29, 1.82) is 0 Å². The van der Waals surface area contributed by atoms with Crippen molar-refractivity contribution in [3.05, 3.63) is 53.2 Å². The van der Waals surface area contributed by atoms with Gasteiger partial charge in [0.1, 0.15) is 0 Å². The van der Waals surface area contributed by atoms with Crippen molar-refractivity contribution in [1.82, 2.24) is 10.1 Å². The van der Waals surface area contributed by atoms with Crippen molar-refractivity contribution in [3.8, 4) is 23.0 Å². The molecular formula is C15H11N3OS. The molecule has 2 heterocycles. The second kappa shape index (κ2) is 5.59. The van der Waals surface area contributed by atoms with Gasteiger partial charge >= 0.3 is 0 Å². The molecule has 0 fully saturated rings. The van der Waals surface area contributed by atoms with Crippen molar-refractivity contribution in [2.24, 2.45) is 0 Å². The number of nitrogens with zero attached hydrogens (tertiary/aromatic N) is 2. The van der Waals surface area contributed by atoms with Crippen LogP contribution in [0.3, 0.4) is 0 Å². The Morgan fingerprint density at radius 2 is 2.25 bits per heavy atom. The predicted molar refractivity (Wildman–Crippen MR) is 79.3 cm³/mol. The minimum Gasteiger partial charge on any atom is -0.376 e. The molecule has 0 spiro atoms. The Hall–Kier alpha value is -2.58. The van der Waals surface area contributed by atoms with Gasteiger partial charge in [0, 0.05) is 11.3 Å². The number of hydrogen-bond acceptors (Lipinski definition) is 5. The van der Waals surface area contributed by atoms with E-state index in [1.54, 1.807) is 11.3 Å². The van der Waals surface area contributed by atoms with Crippen LogP contribution in [0.1, 0.15) is 11.5 Å². The summed E-state index contributed by atoms with van der Waals surface area (Å²) in [6.45, 7) is 0.465. The number of nitrogens with one attached hydrogen (secondary N) is 1. The maximum Gasteiger partial charge on any atom is 0.246 e. The van der Waals surface area contributed by atoms with E-state index in [9.17, 15) is 0 Å². The molecule has 0 aliphatic carbocycles. The molecule has 98 valence electrons. The minimum absolute atomic E-state index is 0.465. The third kappa shape index (κ3) is 2.71. The van der Waals surface area contributed by atoms with E-state index in [4.69, 9.17) is 10.9 Å². The Labute approximate surface area is 120 Å². The first-order valence-corrected chi connectivity index (χ1v) is 6.90. The van der Waals surface area contributed by atoms with E-state index in [1.807, 2.05) is 41.8 Å². The molecule has 4 nitrogen and oxygen atoms in total. The number of benzene rings is 1. The first-order chi connectivity index (χ1) is 9.85. The lowest BCUT2D eigenvalue weighted by molar-refractivity contribution is 0.384. The summed E-state index contributed by atoms with van der Waals surface area (Å²) in [7, 11) is 0. The highest BCUT2D eigenvalue weighted by Crippen LogP contribution is 2.21. The van der Waals surface area contributed by atoms with Crippen LogP contribution in [-0.4, -0.2) is 10.1 Å². The number of thiophene rings is 1. The molecule has 3 rings (SSSR count). The van der Waals surface area contributed by atoms with Crippen molar-refractivity contribution >= 4 is 17.0 Å². The predicted octanol–water partition coefficient (Wildman–Crippen LogP) is 3.39. The molecule has 20 heavy (non-hydrogen) atoms. The van der Waals surface area contributed by atoms with Gasteiger partial charge < -0.3 is 9.84 Å². The maximum atomic E-state index is 5.37. The molecule has 0 aliphatic heterocycles. The molecule has 0 amide bonds. The largest absolute Gasteiger partial charge is 0.376 e. The van der Waals surface area contributed by atoms with Gasteiger partial charge in [0.05, 0.1) is 11.4 Å². The molecule has 0 radical (unpaired) electrons. The van der Waals surface area contributed by atoms with E-state index in [2.05, 4.69) is 21.4 Å². The Kier molecular flexibility index (Phi) is 3.48. The Balaban J connectivity index is 1.68. The summed E-state index contributed by atoms with van der Waals surface area (Å²) < 4.78 is 5.21. The van der Waals surface area contributed by atoms with Gasteiger partial charge in [-0.2, -0.15) is 4.98 Å². The normalized spacial score (nSPS) is 10.2. The Morgan fingerprint density at radius 3 is 3.05 bits per heavy atom. The van der Waals surface area contributed by atoms with Crippen LogP contribution >= 0.6 is 11.3 Å². The molecular weight excluding hydrogens is 270 g/mol. The van der Waals surface area contributed by atoms with Crippen LogP contribution in [0.15, 0.2) is 46.3 Å². The van der Waals surface area contributed by atoms with Crippen LogP contribution < -0.4 is 5.32 Å². The summed E-state index contributed by atoms with van der Waals surface area (Å²) >= 11 is 1.58. The van der Waals surface area contributed by atoms with Gasteiger partial charge in [-0.25, -0.2) is 0 Å². The van der Waals surface area contributed by atoms with E-state index < -0.39 is 0 Å². The first kappa shape index (κ1) is 12.5. The topological polar surface area (TPSA) is 51.0 Å². The number of rotatable bonds is 4. The first-order valence-electron chi connectivity index (χ1n) is 6.02. The smallest absolute Gasteiger partial charge is 0.246 e. The lowest BCUT2D eigenvalue weighted by Gasteiger charge is -2.03. The summed E-state index contributed by atoms with van der Waals surface area (Å²) in [5.74, 6) is 3.76. The highest BCUT2D eigenvalue weighted by molar-refractivity contribution is 7.13. The third-order valence-corrected chi connectivity index (χ3v) is 3.55. The fraction of sp³-hybridized carbons (Fsp3) is 0.0667. The van der Waals surface area contributed by atoms with Gasteiger partial charge in [-0.1, -0.05) is 23.2 Å². The van der Waals surface area contributed by atoms with Gasteiger partial charge in [0.2, 0.25) is 11.7 Å². The SMILES string of the molecule is C#Cc1cccc(NCc2nc(-c3cccs3)no2)c1. The fourth-order valence-corrected chi connectivity index (χ4v) is 2.38. The van der Waals surface area contributed by atoms with Crippen LogP contribution in [0.4, 0.5) is 5.69 Å². The van der Waals surface area contributed by atoms with Crippen LogP contribution in [0.2, 0.25) is 0 Å². The lowest BCUT2D eigenvalue weighted by atomic mass is 10.2. The average Bonchev–Trinajstić information content (AvgIpc) is 3.16. The van der Waals surface area contributed by atoms with Crippen LogP contribution in [0.25, 0.3) is 10.7 Å². The zero-order valence-corrected chi connectivity index (χ0v) is 11.4. The van der Waals surface area contributed by atoms with E-state index in [-0.39, 0.29) is 0 Å². The van der Waals surface area contributed by atoms with Gasteiger partial charge in [0.15, 0.2) is 0 Å². The second-order valence-electron chi connectivity index (χ2n) is 4.07. The van der Waals surface area contributed by atoms with Gasteiger partial charge in [-0.05, 0) is 29.6 Å². The second-order valence-corrected chi connectivity index (χ2v) is 5.02. The molecule has 0 bridgehead atoms. The summed E-state index contributed by atoms with van der Waals surface area (Å²) in [6.07, 6.45) is 5.37. The number of terminal acetylenes is 1. The summed E-state index contributed by atoms with van der Waals surface area (Å²) in [5, 5.41) is 9.14. The number of aromatic nitrogens is 2. The van der Waals surface area contributed by atoms with Crippen LogP contribution in [0.5, 0.6) is 0 Å². The number of hydrogen-bond donors (Lipinski definition) is 1. The zero-order valence-electron chi connectivity index (χ0n) is 10.5. The molecule has 1 aromatic carbocycles. The highest BCUT2D eigenvalue weighted by atomic mass is 32.1. The Bertz CT molecular complexity index is 741.